The van der Waals surface area contributed by atoms with Crippen molar-refractivity contribution in [2.75, 3.05) is 36.5 Å². The summed E-state index contributed by atoms with van der Waals surface area (Å²) in [7, 11) is 0. The van der Waals surface area contributed by atoms with Crippen LogP contribution in [0.25, 0.3) is 0 Å². The predicted octanol–water partition coefficient (Wildman–Crippen LogP) is 2.60. The standard InChI is InChI=1S/C10H18BrNS/c11-8-10(2-1-3-10)9-12-4-6-13-7-5-12/h1-9H2. The predicted molar refractivity (Wildman–Crippen MR) is 63.8 cm³/mol. The molecule has 2 fully saturated rings. The summed E-state index contributed by atoms with van der Waals surface area (Å²) in [5, 5.41) is 1.21. The van der Waals surface area contributed by atoms with Crippen LogP contribution < -0.4 is 0 Å². The van der Waals surface area contributed by atoms with Gasteiger partial charge in [-0.15, -0.1) is 0 Å². The van der Waals surface area contributed by atoms with Gasteiger partial charge in [-0.1, -0.05) is 22.4 Å². The van der Waals surface area contributed by atoms with E-state index in [4.69, 9.17) is 0 Å². The molecule has 1 heterocycles. The molecule has 0 aromatic heterocycles. The van der Waals surface area contributed by atoms with Crippen molar-refractivity contribution in [2.24, 2.45) is 5.41 Å². The normalized spacial score (nSPS) is 28.4. The Labute approximate surface area is 93.8 Å². The molecule has 1 nitrogen and oxygen atoms in total. The van der Waals surface area contributed by atoms with E-state index in [1.54, 1.807) is 0 Å². The molecule has 0 atom stereocenters. The Balaban J connectivity index is 1.81. The largest absolute Gasteiger partial charge is 0.301 e. The SMILES string of the molecule is BrCC1(CN2CCSCC2)CCC1. The van der Waals surface area contributed by atoms with E-state index in [0.717, 1.165) is 0 Å². The monoisotopic (exact) mass is 263 g/mol. The number of thioether (sulfide) groups is 1. The van der Waals surface area contributed by atoms with Gasteiger partial charge in [0, 0.05) is 36.5 Å². The molecule has 1 saturated heterocycles. The second-order valence-electron chi connectivity index (χ2n) is 4.38. The summed E-state index contributed by atoms with van der Waals surface area (Å²) in [6.45, 7) is 3.98. The number of nitrogens with zero attached hydrogens (tertiary/aromatic N) is 1. The molecule has 0 amide bonds. The van der Waals surface area contributed by atoms with Crippen LogP contribution in [0.15, 0.2) is 0 Å². The van der Waals surface area contributed by atoms with Crippen LogP contribution in [0.4, 0.5) is 0 Å². The lowest BCUT2D eigenvalue weighted by molar-refractivity contribution is 0.0972. The molecule has 0 bridgehead atoms. The zero-order valence-corrected chi connectivity index (χ0v) is 10.5. The first-order valence-electron chi connectivity index (χ1n) is 5.21. The Morgan fingerprint density at radius 2 is 1.92 bits per heavy atom. The molecule has 2 rings (SSSR count). The van der Waals surface area contributed by atoms with Crippen molar-refractivity contribution in [2.45, 2.75) is 19.3 Å². The van der Waals surface area contributed by atoms with Crippen LogP contribution in [0, 0.1) is 5.41 Å². The summed E-state index contributed by atoms with van der Waals surface area (Å²) >= 11 is 5.78. The van der Waals surface area contributed by atoms with Gasteiger partial charge in [-0.2, -0.15) is 11.8 Å². The maximum absolute atomic E-state index is 3.68. The Hall–Kier alpha value is 0.790. The molecular formula is C10H18BrNS. The van der Waals surface area contributed by atoms with Crippen LogP contribution in [-0.4, -0.2) is 41.4 Å². The van der Waals surface area contributed by atoms with E-state index in [2.05, 4.69) is 32.6 Å². The number of halogens is 1. The summed E-state index contributed by atoms with van der Waals surface area (Å²) < 4.78 is 0. The van der Waals surface area contributed by atoms with Gasteiger partial charge in [0.15, 0.2) is 0 Å². The summed E-state index contributed by atoms with van der Waals surface area (Å²) in [6.07, 6.45) is 4.35. The van der Waals surface area contributed by atoms with E-state index >= 15 is 0 Å². The minimum atomic E-state index is 0.655. The van der Waals surface area contributed by atoms with Crippen molar-refractivity contribution in [1.29, 1.82) is 0 Å². The van der Waals surface area contributed by atoms with Crippen LogP contribution in [-0.2, 0) is 0 Å². The van der Waals surface area contributed by atoms with Crippen molar-refractivity contribution < 1.29 is 0 Å². The average Bonchev–Trinajstić information content (AvgIpc) is 2.13. The minimum absolute atomic E-state index is 0.655. The lowest BCUT2D eigenvalue weighted by Gasteiger charge is -2.44. The molecule has 3 heteroatoms. The van der Waals surface area contributed by atoms with Crippen molar-refractivity contribution in [3.05, 3.63) is 0 Å². The zero-order valence-electron chi connectivity index (χ0n) is 8.10. The maximum Gasteiger partial charge on any atom is 0.0100 e. The van der Waals surface area contributed by atoms with Crippen LogP contribution in [0.3, 0.4) is 0 Å². The zero-order chi connectivity index (χ0) is 9.15. The van der Waals surface area contributed by atoms with Gasteiger partial charge in [0.05, 0.1) is 0 Å². The summed E-state index contributed by atoms with van der Waals surface area (Å²) in [5.41, 5.74) is 0.655. The Bertz CT molecular complexity index is 159. The maximum atomic E-state index is 3.68. The number of rotatable bonds is 3. The summed E-state index contributed by atoms with van der Waals surface area (Å²) in [4.78, 5) is 2.66. The molecule has 0 radical (unpaired) electrons. The summed E-state index contributed by atoms with van der Waals surface area (Å²) in [5.74, 6) is 2.69. The third kappa shape index (κ3) is 2.42. The smallest absolute Gasteiger partial charge is 0.0100 e. The highest BCUT2D eigenvalue weighted by atomic mass is 79.9. The molecule has 76 valence electrons. The Morgan fingerprint density at radius 1 is 1.23 bits per heavy atom. The molecular weight excluding hydrogens is 246 g/mol. The molecule has 1 aliphatic heterocycles. The van der Waals surface area contributed by atoms with Crippen molar-refractivity contribution >= 4 is 27.7 Å². The van der Waals surface area contributed by atoms with Crippen molar-refractivity contribution in [3.8, 4) is 0 Å². The molecule has 0 aromatic rings. The quantitative estimate of drug-likeness (QED) is 0.721. The lowest BCUT2D eigenvalue weighted by Crippen LogP contribution is -2.46. The highest BCUT2D eigenvalue weighted by Gasteiger charge is 2.37. The van der Waals surface area contributed by atoms with Crippen molar-refractivity contribution in [1.82, 2.24) is 4.90 Å². The molecule has 1 saturated carbocycles. The highest BCUT2D eigenvalue weighted by molar-refractivity contribution is 9.09. The molecule has 0 spiro atoms. The van der Waals surface area contributed by atoms with E-state index in [0.29, 0.717) is 5.41 Å². The first kappa shape index (κ1) is 10.3. The molecule has 0 aromatic carbocycles. The first-order chi connectivity index (χ1) is 6.35. The Kier molecular flexibility index (Phi) is 3.60. The second kappa shape index (κ2) is 4.54. The van der Waals surface area contributed by atoms with Crippen LogP contribution in [0.5, 0.6) is 0 Å². The Morgan fingerprint density at radius 3 is 2.38 bits per heavy atom. The fourth-order valence-electron chi connectivity index (χ4n) is 2.24. The molecule has 13 heavy (non-hydrogen) atoms. The number of hydrogen-bond acceptors (Lipinski definition) is 2. The highest BCUT2D eigenvalue weighted by Crippen LogP contribution is 2.43. The fourth-order valence-corrected chi connectivity index (χ4v) is 3.96. The van der Waals surface area contributed by atoms with Crippen LogP contribution >= 0.6 is 27.7 Å². The van der Waals surface area contributed by atoms with Gasteiger partial charge in [-0.3, -0.25) is 0 Å². The van der Waals surface area contributed by atoms with Gasteiger partial charge in [0.1, 0.15) is 0 Å². The van der Waals surface area contributed by atoms with Gasteiger partial charge in [0.2, 0.25) is 0 Å². The van der Waals surface area contributed by atoms with E-state index < -0.39 is 0 Å². The third-order valence-corrected chi connectivity index (χ3v) is 5.49. The topological polar surface area (TPSA) is 3.24 Å². The van der Waals surface area contributed by atoms with Crippen LogP contribution in [0.1, 0.15) is 19.3 Å². The van der Waals surface area contributed by atoms with Gasteiger partial charge in [-0.05, 0) is 18.3 Å². The van der Waals surface area contributed by atoms with Crippen LogP contribution in [0.2, 0.25) is 0 Å². The lowest BCUT2D eigenvalue weighted by atomic mass is 9.70. The van der Waals surface area contributed by atoms with E-state index in [1.807, 2.05) is 0 Å². The van der Waals surface area contributed by atoms with E-state index in [1.165, 1.54) is 55.7 Å². The molecule has 0 unspecified atom stereocenters. The van der Waals surface area contributed by atoms with Gasteiger partial charge in [0.25, 0.3) is 0 Å². The number of hydrogen-bond donors (Lipinski definition) is 0. The number of alkyl halides is 1. The average molecular weight is 264 g/mol. The molecule has 0 N–H and O–H groups in total. The third-order valence-electron chi connectivity index (χ3n) is 3.36. The van der Waals surface area contributed by atoms with Crippen molar-refractivity contribution in [3.63, 3.8) is 0 Å². The van der Waals surface area contributed by atoms with Gasteiger partial charge < -0.3 is 4.90 Å². The van der Waals surface area contributed by atoms with Gasteiger partial charge in [-0.25, -0.2) is 0 Å². The van der Waals surface area contributed by atoms with E-state index in [-0.39, 0.29) is 0 Å². The molecule has 2 aliphatic rings. The molecule has 1 aliphatic carbocycles. The minimum Gasteiger partial charge on any atom is -0.301 e. The van der Waals surface area contributed by atoms with E-state index in [9.17, 15) is 0 Å². The first-order valence-corrected chi connectivity index (χ1v) is 7.48. The second-order valence-corrected chi connectivity index (χ2v) is 6.16. The fraction of sp³-hybridized carbons (Fsp3) is 1.00. The summed E-state index contributed by atoms with van der Waals surface area (Å²) in [6, 6.07) is 0. The van der Waals surface area contributed by atoms with Gasteiger partial charge >= 0.3 is 0 Å².